The Morgan fingerprint density at radius 1 is 1.08 bits per heavy atom. The Morgan fingerprint density at radius 2 is 1.73 bits per heavy atom. The Kier molecular flexibility index (Phi) is 10.4. The molecule has 2 amide bonds. The van der Waals surface area contributed by atoms with Crippen molar-refractivity contribution in [1.82, 2.24) is 15.5 Å². The molecule has 7 nitrogen and oxygen atoms in total. The molecule has 0 bridgehead atoms. The summed E-state index contributed by atoms with van der Waals surface area (Å²) >= 11 is 0. The molecule has 0 spiro atoms. The first kappa shape index (κ1) is 29.0. The molecule has 0 radical (unpaired) electrons. The van der Waals surface area contributed by atoms with Gasteiger partial charge in [-0.1, -0.05) is 31.2 Å². The number of hydrogen-bond donors (Lipinski definition) is 3. The molecule has 1 heterocycles. The van der Waals surface area contributed by atoms with E-state index in [0.717, 1.165) is 18.1 Å². The lowest BCUT2D eigenvalue weighted by Crippen LogP contribution is -2.54. The van der Waals surface area contributed by atoms with Crippen LogP contribution in [0.25, 0.3) is 0 Å². The average molecular weight is 538 g/mol. The van der Waals surface area contributed by atoms with Crippen LogP contribution >= 0.6 is 0 Å². The molecule has 1 saturated heterocycles. The van der Waals surface area contributed by atoms with Gasteiger partial charge in [-0.25, -0.2) is 22.0 Å². The number of sulfone groups is 1. The summed E-state index contributed by atoms with van der Waals surface area (Å²) in [6.45, 7) is 3.56. The fraction of sp³-hybridized carbons (Fsp3) is 0.519. The third-order valence-corrected chi connectivity index (χ3v) is 7.75. The first-order valence-corrected chi connectivity index (χ1v) is 14.7. The highest BCUT2D eigenvalue weighted by atomic mass is 32.2. The van der Waals surface area contributed by atoms with Crippen molar-refractivity contribution in [2.45, 2.75) is 51.3 Å². The van der Waals surface area contributed by atoms with Crippen LogP contribution in [0.5, 0.6) is 0 Å². The Bertz CT molecular complexity index is 1130. The first-order chi connectivity index (χ1) is 17.5. The van der Waals surface area contributed by atoms with Gasteiger partial charge in [0.2, 0.25) is 0 Å². The van der Waals surface area contributed by atoms with Gasteiger partial charge in [-0.05, 0) is 60.4 Å². The number of carbonyl (C=O) groups is 1. The lowest BCUT2D eigenvalue weighted by Gasteiger charge is -2.34. The Morgan fingerprint density at radius 3 is 2.35 bits per heavy atom. The van der Waals surface area contributed by atoms with Gasteiger partial charge in [-0.2, -0.15) is 0 Å². The van der Waals surface area contributed by atoms with E-state index in [-0.39, 0.29) is 24.6 Å². The van der Waals surface area contributed by atoms with Crippen molar-refractivity contribution >= 4 is 15.9 Å². The second kappa shape index (κ2) is 13.3. The van der Waals surface area contributed by atoms with Crippen molar-refractivity contribution in [3.63, 3.8) is 0 Å². The topological polar surface area (TPSA) is 98.7 Å². The van der Waals surface area contributed by atoms with E-state index in [1.54, 1.807) is 4.90 Å². The summed E-state index contributed by atoms with van der Waals surface area (Å²) in [5, 5.41) is 17.0. The number of aliphatic hydroxyl groups excluding tert-OH is 1. The monoisotopic (exact) mass is 537 g/mol. The second-order valence-electron chi connectivity index (χ2n) is 9.93. The second-order valence-corrected chi connectivity index (χ2v) is 12.1. The van der Waals surface area contributed by atoms with Crippen LogP contribution in [-0.2, 0) is 29.2 Å². The van der Waals surface area contributed by atoms with Crippen LogP contribution in [0.2, 0.25) is 0 Å². The summed E-state index contributed by atoms with van der Waals surface area (Å²) in [5.74, 6) is -1.35. The highest BCUT2D eigenvalue weighted by molar-refractivity contribution is 7.90. The minimum absolute atomic E-state index is 0.00566. The SMILES string of the molecule is CCc1cccc(CNC[C@H](O)[C@H](Cc2cc(F)cc(F)c2)NC(=O)N2CCC(CS(C)(=O)=O)CC2)c1. The summed E-state index contributed by atoms with van der Waals surface area (Å²) in [5.41, 5.74) is 2.60. The van der Waals surface area contributed by atoms with Crippen molar-refractivity contribution in [1.29, 1.82) is 0 Å². The molecule has 1 aliphatic heterocycles. The van der Waals surface area contributed by atoms with E-state index >= 15 is 0 Å². The van der Waals surface area contributed by atoms with Crippen molar-refractivity contribution in [3.8, 4) is 0 Å². The highest BCUT2D eigenvalue weighted by Gasteiger charge is 2.28. The molecule has 1 aliphatic rings. The maximum atomic E-state index is 13.8. The van der Waals surface area contributed by atoms with Crippen LogP contribution in [0.3, 0.4) is 0 Å². The molecule has 0 aliphatic carbocycles. The lowest BCUT2D eigenvalue weighted by molar-refractivity contribution is 0.116. The number of piperidine rings is 1. The van der Waals surface area contributed by atoms with Crippen LogP contribution in [-0.4, -0.2) is 68.2 Å². The van der Waals surface area contributed by atoms with Crippen molar-refractivity contribution in [2.75, 3.05) is 31.6 Å². The molecule has 37 heavy (non-hydrogen) atoms. The van der Waals surface area contributed by atoms with Gasteiger partial charge in [-0.3, -0.25) is 0 Å². The van der Waals surface area contributed by atoms with E-state index in [1.165, 1.54) is 24.0 Å². The number of hydrogen-bond acceptors (Lipinski definition) is 5. The Labute approximate surface area is 218 Å². The van der Waals surface area contributed by atoms with E-state index in [2.05, 4.69) is 23.6 Å². The van der Waals surface area contributed by atoms with Crippen molar-refractivity contribution in [2.24, 2.45) is 5.92 Å². The fourth-order valence-electron chi connectivity index (χ4n) is 4.71. The number of halogens is 2. The molecule has 2 aromatic rings. The minimum atomic E-state index is -3.09. The fourth-order valence-corrected chi connectivity index (χ4v) is 5.90. The zero-order chi connectivity index (χ0) is 27.0. The summed E-state index contributed by atoms with van der Waals surface area (Å²) in [7, 11) is -3.09. The standard InChI is InChI=1S/C27H37F2N3O4S/c1-3-19-5-4-6-21(11-19)16-30-17-26(33)25(14-22-12-23(28)15-24(29)13-22)31-27(34)32-9-7-20(8-10-32)18-37(2,35)36/h4-6,11-13,15,20,25-26,30,33H,3,7-10,14,16-18H2,1-2H3,(H,31,34)/t25-,26-/m0/s1. The number of urea groups is 1. The van der Waals surface area contributed by atoms with Crippen LogP contribution in [0.1, 0.15) is 36.5 Å². The van der Waals surface area contributed by atoms with Gasteiger partial charge in [0.15, 0.2) is 0 Å². The molecule has 2 atom stereocenters. The number of likely N-dealkylation sites (tertiary alicyclic amines) is 1. The predicted molar refractivity (Wildman–Crippen MR) is 140 cm³/mol. The van der Waals surface area contributed by atoms with E-state index < -0.39 is 39.6 Å². The van der Waals surface area contributed by atoms with Gasteiger partial charge >= 0.3 is 6.03 Å². The first-order valence-electron chi connectivity index (χ1n) is 12.7. The average Bonchev–Trinajstić information content (AvgIpc) is 2.82. The number of carbonyl (C=O) groups excluding carboxylic acids is 1. The van der Waals surface area contributed by atoms with Crippen LogP contribution in [0.4, 0.5) is 13.6 Å². The molecule has 0 saturated carbocycles. The third-order valence-electron chi connectivity index (χ3n) is 6.67. The number of nitrogens with one attached hydrogen (secondary N) is 2. The maximum absolute atomic E-state index is 13.8. The Hall–Kier alpha value is -2.56. The minimum Gasteiger partial charge on any atom is -0.390 e. The van der Waals surface area contributed by atoms with Gasteiger partial charge < -0.3 is 20.6 Å². The molecule has 2 aromatic carbocycles. The predicted octanol–water partition coefficient (Wildman–Crippen LogP) is 3.06. The smallest absolute Gasteiger partial charge is 0.317 e. The summed E-state index contributed by atoms with van der Waals surface area (Å²) < 4.78 is 50.7. The quantitative estimate of drug-likeness (QED) is 0.409. The van der Waals surface area contributed by atoms with Crippen LogP contribution < -0.4 is 10.6 Å². The van der Waals surface area contributed by atoms with E-state index in [4.69, 9.17) is 0 Å². The lowest BCUT2D eigenvalue weighted by atomic mass is 9.98. The highest BCUT2D eigenvalue weighted by Crippen LogP contribution is 2.19. The third kappa shape index (κ3) is 9.68. The maximum Gasteiger partial charge on any atom is 0.317 e. The molecule has 3 N–H and O–H groups in total. The molecule has 1 fully saturated rings. The molecule has 10 heteroatoms. The number of aryl methyl sites for hydroxylation is 1. The molecule has 204 valence electrons. The van der Waals surface area contributed by atoms with Crippen LogP contribution in [0, 0.1) is 17.6 Å². The molecule has 0 aromatic heterocycles. The van der Waals surface area contributed by atoms with Gasteiger partial charge in [0.05, 0.1) is 17.9 Å². The molecule has 3 rings (SSSR count). The van der Waals surface area contributed by atoms with Gasteiger partial charge in [0.1, 0.15) is 21.5 Å². The number of nitrogens with zero attached hydrogens (tertiary/aromatic N) is 1. The van der Waals surface area contributed by atoms with Gasteiger partial charge in [-0.15, -0.1) is 0 Å². The van der Waals surface area contributed by atoms with E-state index in [1.807, 2.05) is 18.2 Å². The summed E-state index contributed by atoms with van der Waals surface area (Å²) in [4.78, 5) is 14.6. The largest absolute Gasteiger partial charge is 0.390 e. The normalized spacial score (nSPS) is 16.4. The van der Waals surface area contributed by atoms with Gasteiger partial charge in [0.25, 0.3) is 0 Å². The molecular weight excluding hydrogens is 500 g/mol. The summed E-state index contributed by atoms with van der Waals surface area (Å²) in [6, 6.07) is 10.1. The number of benzene rings is 2. The number of amides is 2. The number of aliphatic hydroxyl groups is 1. The molecular formula is C27H37F2N3O4S. The zero-order valence-electron chi connectivity index (χ0n) is 21.4. The van der Waals surface area contributed by atoms with E-state index in [9.17, 15) is 27.1 Å². The molecule has 0 unspecified atom stereocenters. The van der Waals surface area contributed by atoms with Gasteiger partial charge in [0, 0.05) is 38.5 Å². The van der Waals surface area contributed by atoms with E-state index in [0.29, 0.717) is 38.0 Å². The number of rotatable bonds is 11. The van der Waals surface area contributed by atoms with Crippen molar-refractivity contribution < 1.29 is 27.1 Å². The Balaban J connectivity index is 1.63. The zero-order valence-corrected chi connectivity index (χ0v) is 22.2. The van der Waals surface area contributed by atoms with Crippen molar-refractivity contribution in [3.05, 3.63) is 70.8 Å². The van der Waals surface area contributed by atoms with Crippen LogP contribution in [0.15, 0.2) is 42.5 Å². The summed E-state index contributed by atoms with van der Waals surface area (Å²) in [6.07, 6.45) is 2.29.